The van der Waals surface area contributed by atoms with Gasteiger partial charge < -0.3 is 9.15 Å². The van der Waals surface area contributed by atoms with E-state index in [4.69, 9.17) is 9.15 Å². The Morgan fingerprint density at radius 2 is 1.96 bits per heavy atom. The summed E-state index contributed by atoms with van der Waals surface area (Å²) in [7, 11) is -2.61. The van der Waals surface area contributed by atoms with E-state index in [1.165, 1.54) is 23.5 Å². The van der Waals surface area contributed by atoms with Gasteiger partial charge in [-0.05, 0) is 44.0 Å². The Labute approximate surface area is 141 Å². The van der Waals surface area contributed by atoms with Crippen molar-refractivity contribution in [3.05, 3.63) is 53.5 Å². The topological polar surface area (TPSA) is 76.8 Å². The average Bonchev–Trinajstić information content (AvgIpc) is 3.33. The molecule has 1 fully saturated rings. The van der Waals surface area contributed by atoms with Crippen molar-refractivity contribution in [2.75, 3.05) is 7.11 Å². The number of esters is 1. The molecule has 6 nitrogen and oxygen atoms in total. The third-order valence-corrected chi connectivity index (χ3v) is 5.90. The lowest BCUT2D eigenvalue weighted by atomic mass is 10.2. The predicted molar refractivity (Wildman–Crippen MR) is 87.0 cm³/mol. The number of aryl methyl sites for hydroxylation is 1. The van der Waals surface area contributed by atoms with Crippen LogP contribution in [0.5, 0.6) is 0 Å². The molecular formula is C17H19NO5S. The molecule has 0 bridgehead atoms. The normalized spacial score (nSPS) is 14.8. The first-order valence-corrected chi connectivity index (χ1v) is 9.12. The fourth-order valence-corrected chi connectivity index (χ4v) is 4.43. The van der Waals surface area contributed by atoms with Crippen LogP contribution in [0.2, 0.25) is 0 Å². The second-order valence-electron chi connectivity index (χ2n) is 5.78. The molecule has 0 radical (unpaired) electrons. The average molecular weight is 349 g/mol. The molecule has 1 aliphatic rings. The first-order valence-electron chi connectivity index (χ1n) is 7.68. The third kappa shape index (κ3) is 3.22. The molecule has 7 heteroatoms. The van der Waals surface area contributed by atoms with E-state index in [0.717, 1.165) is 18.6 Å². The molecule has 128 valence electrons. The summed E-state index contributed by atoms with van der Waals surface area (Å²) >= 11 is 0. The van der Waals surface area contributed by atoms with Crippen LogP contribution < -0.4 is 0 Å². The number of sulfonamides is 1. The van der Waals surface area contributed by atoms with Crippen molar-refractivity contribution in [1.82, 2.24) is 4.31 Å². The van der Waals surface area contributed by atoms with Crippen molar-refractivity contribution in [3.63, 3.8) is 0 Å². The van der Waals surface area contributed by atoms with Gasteiger partial charge in [0.15, 0.2) is 0 Å². The first kappa shape index (κ1) is 16.7. The number of benzene rings is 1. The van der Waals surface area contributed by atoms with Gasteiger partial charge in [-0.25, -0.2) is 13.2 Å². The van der Waals surface area contributed by atoms with Gasteiger partial charge in [0.2, 0.25) is 10.0 Å². The zero-order valence-corrected chi connectivity index (χ0v) is 14.4. The predicted octanol–water partition coefficient (Wildman–Crippen LogP) is 2.73. The number of carbonyl (C=O) groups excluding carboxylic acids is 1. The van der Waals surface area contributed by atoms with Gasteiger partial charge in [0.05, 0.1) is 24.1 Å². The van der Waals surface area contributed by atoms with Gasteiger partial charge in [0.1, 0.15) is 11.5 Å². The van der Waals surface area contributed by atoms with Crippen molar-refractivity contribution in [2.24, 2.45) is 0 Å². The van der Waals surface area contributed by atoms with Crippen LogP contribution in [0.25, 0.3) is 0 Å². The lowest BCUT2D eigenvalue weighted by Gasteiger charge is -2.22. The number of methoxy groups -OCH3 is 1. The summed E-state index contributed by atoms with van der Waals surface area (Å²) in [5, 5.41) is 0. The SMILES string of the molecule is COC(=O)c1ccccc1S(=O)(=O)N(Cc1ccc(C)o1)C1CC1. The lowest BCUT2D eigenvalue weighted by Crippen LogP contribution is -2.33. The van der Waals surface area contributed by atoms with E-state index < -0.39 is 16.0 Å². The summed E-state index contributed by atoms with van der Waals surface area (Å²) in [4.78, 5) is 11.9. The van der Waals surface area contributed by atoms with E-state index in [2.05, 4.69) is 0 Å². The van der Waals surface area contributed by atoms with Crippen LogP contribution in [0.15, 0.2) is 45.7 Å². The summed E-state index contributed by atoms with van der Waals surface area (Å²) in [6.45, 7) is 1.96. The Kier molecular flexibility index (Phi) is 4.47. The van der Waals surface area contributed by atoms with Gasteiger partial charge >= 0.3 is 5.97 Å². The molecule has 0 saturated heterocycles. The third-order valence-electron chi connectivity index (χ3n) is 3.94. The second kappa shape index (κ2) is 6.41. The van der Waals surface area contributed by atoms with Crippen LogP contribution in [0.4, 0.5) is 0 Å². The van der Waals surface area contributed by atoms with Crippen LogP contribution >= 0.6 is 0 Å². The molecule has 1 heterocycles. The fourth-order valence-electron chi connectivity index (χ4n) is 2.59. The Hall–Kier alpha value is -2.12. The number of hydrogen-bond donors (Lipinski definition) is 0. The van der Waals surface area contributed by atoms with Crippen LogP contribution in [-0.2, 0) is 21.3 Å². The summed E-state index contributed by atoms with van der Waals surface area (Å²) in [5.74, 6) is 0.644. The van der Waals surface area contributed by atoms with Crippen molar-refractivity contribution < 1.29 is 22.4 Å². The Morgan fingerprint density at radius 1 is 1.25 bits per heavy atom. The van der Waals surface area contributed by atoms with E-state index in [1.54, 1.807) is 24.3 Å². The molecule has 2 aromatic rings. The van der Waals surface area contributed by atoms with Crippen molar-refractivity contribution in [1.29, 1.82) is 0 Å². The molecule has 1 saturated carbocycles. The van der Waals surface area contributed by atoms with E-state index in [9.17, 15) is 13.2 Å². The minimum absolute atomic E-state index is 0.0352. The van der Waals surface area contributed by atoms with Crippen molar-refractivity contribution in [2.45, 2.75) is 37.2 Å². The molecule has 0 N–H and O–H groups in total. The molecule has 0 aliphatic heterocycles. The van der Waals surface area contributed by atoms with Gasteiger partial charge in [0, 0.05) is 6.04 Å². The number of furan rings is 1. The standard InChI is InChI=1S/C17H19NO5S/c1-12-7-10-14(23-12)11-18(13-8-9-13)24(20,21)16-6-4-3-5-15(16)17(19)22-2/h3-7,10,13H,8-9,11H2,1-2H3. The number of hydrogen-bond acceptors (Lipinski definition) is 5. The molecule has 3 rings (SSSR count). The maximum absolute atomic E-state index is 13.1. The second-order valence-corrected chi connectivity index (χ2v) is 7.64. The monoisotopic (exact) mass is 349 g/mol. The summed E-state index contributed by atoms with van der Waals surface area (Å²) in [6.07, 6.45) is 1.61. The van der Waals surface area contributed by atoms with Crippen LogP contribution in [0, 0.1) is 6.92 Å². The number of carbonyl (C=O) groups is 1. The van der Waals surface area contributed by atoms with E-state index >= 15 is 0 Å². The minimum atomic E-state index is -3.84. The molecule has 1 aromatic heterocycles. The Balaban J connectivity index is 2.00. The van der Waals surface area contributed by atoms with E-state index in [1.807, 2.05) is 6.92 Å². The lowest BCUT2D eigenvalue weighted by molar-refractivity contribution is 0.0596. The Bertz CT molecular complexity index is 851. The van der Waals surface area contributed by atoms with Crippen LogP contribution in [0.3, 0.4) is 0 Å². The summed E-state index contributed by atoms with van der Waals surface area (Å²) in [5.41, 5.74) is 0.0428. The largest absolute Gasteiger partial charge is 0.465 e. The molecular weight excluding hydrogens is 330 g/mol. The zero-order chi connectivity index (χ0) is 17.3. The highest BCUT2D eigenvalue weighted by Gasteiger charge is 2.40. The van der Waals surface area contributed by atoms with Gasteiger partial charge in [0.25, 0.3) is 0 Å². The maximum Gasteiger partial charge on any atom is 0.339 e. The highest BCUT2D eigenvalue weighted by Crippen LogP contribution is 2.34. The highest BCUT2D eigenvalue weighted by atomic mass is 32.2. The molecule has 0 unspecified atom stereocenters. The Morgan fingerprint density at radius 3 is 2.54 bits per heavy atom. The van der Waals surface area contributed by atoms with Gasteiger partial charge in [-0.15, -0.1) is 0 Å². The van der Waals surface area contributed by atoms with Gasteiger partial charge in [-0.3, -0.25) is 0 Å². The van der Waals surface area contributed by atoms with Gasteiger partial charge in [-0.1, -0.05) is 12.1 Å². The smallest absolute Gasteiger partial charge is 0.339 e. The molecule has 0 spiro atoms. The number of nitrogens with zero attached hydrogens (tertiary/aromatic N) is 1. The number of ether oxygens (including phenoxy) is 1. The summed E-state index contributed by atoms with van der Waals surface area (Å²) < 4.78 is 37.9. The minimum Gasteiger partial charge on any atom is -0.465 e. The van der Waals surface area contributed by atoms with Gasteiger partial charge in [-0.2, -0.15) is 4.31 Å². The van der Waals surface area contributed by atoms with Crippen LogP contribution in [0.1, 0.15) is 34.7 Å². The highest BCUT2D eigenvalue weighted by molar-refractivity contribution is 7.89. The first-order chi connectivity index (χ1) is 11.4. The molecule has 0 amide bonds. The molecule has 24 heavy (non-hydrogen) atoms. The molecule has 1 aromatic carbocycles. The van der Waals surface area contributed by atoms with Crippen molar-refractivity contribution in [3.8, 4) is 0 Å². The zero-order valence-electron chi connectivity index (χ0n) is 13.6. The maximum atomic E-state index is 13.1. The number of rotatable bonds is 6. The molecule has 0 atom stereocenters. The quantitative estimate of drug-likeness (QED) is 0.750. The fraction of sp³-hybridized carbons (Fsp3) is 0.353. The van der Waals surface area contributed by atoms with Crippen molar-refractivity contribution >= 4 is 16.0 Å². The van der Waals surface area contributed by atoms with E-state index in [0.29, 0.717) is 5.76 Å². The van der Waals surface area contributed by atoms with Crippen LogP contribution in [-0.4, -0.2) is 31.8 Å². The summed E-state index contributed by atoms with van der Waals surface area (Å²) in [6, 6.07) is 9.61. The molecule has 1 aliphatic carbocycles. The van der Waals surface area contributed by atoms with E-state index in [-0.39, 0.29) is 23.0 Å².